The van der Waals surface area contributed by atoms with Crippen molar-refractivity contribution in [2.75, 3.05) is 12.4 Å². The van der Waals surface area contributed by atoms with Crippen LogP contribution in [0.25, 0.3) is 11.3 Å². The number of anilines is 1. The first kappa shape index (κ1) is 14.6. The lowest BCUT2D eigenvalue weighted by atomic mass is 10.1. The summed E-state index contributed by atoms with van der Waals surface area (Å²) in [4.78, 5) is 12.2. The Hall–Kier alpha value is -3.28. The number of phenols is 1. The van der Waals surface area contributed by atoms with Crippen LogP contribution in [0.15, 0.2) is 59.1 Å². The normalized spacial score (nSPS) is 10.3. The number of carbonyl (C=O) groups excluding carboxylic acids is 1. The number of benzene rings is 2. The predicted octanol–water partition coefficient (Wildman–Crippen LogP) is 3.31. The van der Waals surface area contributed by atoms with E-state index in [1.54, 1.807) is 49.6 Å². The minimum absolute atomic E-state index is 0.158. The highest BCUT2D eigenvalue weighted by Crippen LogP contribution is 2.23. The van der Waals surface area contributed by atoms with Crippen molar-refractivity contribution in [1.29, 1.82) is 0 Å². The van der Waals surface area contributed by atoms with Gasteiger partial charge in [-0.05, 0) is 48.5 Å². The molecule has 1 aromatic heterocycles. The zero-order valence-electron chi connectivity index (χ0n) is 12.3. The fraction of sp³-hybridized carbons (Fsp3) is 0.0588. The lowest BCUT2D eigenvalue weighted by Crippen LogP contribution is -2.11. The van der Waals surface area contributed by atoms with Gasteiger partial charge in [-0.25, -0.2) is 0 Å². The maximum atomic E-state index is 12.2. The van der Waals surface area contributed by atoms with Gasteiger partial charge >= 0.3 is 0 Å². The van der Waals surface area contributed by atoms with Crippen molar-refractivity contribution >= 4 is 11.6 Å². The third-order valence-corrected chi connectivity index (χ3v) is 3.24. The number of rotatable bonds is 4. The second-order valence-corrected chi connectivity index (χ2v) is 4.81. The Kier molecular flexibility index (Phi) is 3.97. The van der Waals surface area contributed by atoms with E-state index in [4.69, 9.17) is 9.26 Å². The van der Waals surface area contributed by atoms with Crippen LogP contribution in [0.2, 0.25) is 0 Å². The molecule has 0 aliphatic heterocycles. The van der Waals surface area contributed by atoms with Crippen molar-refractivity contribution in [3.63, 3.8) is 0 Å². The molecule has 3 rings (SSSR count). The van der Waals surface area contributed by atoms with Gasteiger partial charge in [-0.1, -0.05) is 5.16 Å². The van der Waals surface area contributed by atoms with Crippen LogP contribution in [0.3, 0.4) is 0 Å². The first-order valence-corrected chi connectivity index (χ1v) is 6.87. The number of aromatic hydroxyl groups is 1. The molecule has 116 valence electrons. The van der Waals surface area contributed by atoms with E-state index >= 15 is 0 Å². The summed E-state index contributed by atoms with van der Waals surface area (Å²) in [5.41, 5.74) is 1.52. The standard InChI is InChI=1S/C17H14N2O4/c1-22-14-8-4-12(5-9-14)18-17(21)15-10-16(23-19-15)11-2-6-13(20)7-3-11/h2-10,20H,1H3,(H,18,21). The van der Waals surface area contributed by atoms with Crippen molar-refractivity contribution < 1.29 is 19.2 Å². The van der Waals surface area contributed by atoms with Crippen LogP contribution in [0.1, 0.15) is 10.5 Å². The topological polar surface area (TPSA) is 84.6 Å². The second kappa shape index (κ2) is 6.23. The van der Waals surface area contributed by atoms with Crippen molar-refractivity contribution in [3.05, 3.63) is 60.3 Å². The molecule has 1 heterocycles. The van der Waals surface area contributed by atoms with Gasteiger partial charge in [0.1, 0.15) is 11.5 Å². The van der Waals surface area contributed by atoms with Crippen LogP contribution in [0, 0.1) is 0 Å². The van der Waals surface area contributed by atoms with Crippen LogP contribution in [-0.4, -0.2) is 23.3 Å². The SMILES string of the molecule is COc1ccc(NC(=O)c2cc(-c3ccc(O)cc3)on2)cc1. The van der Waals surface area contributed by atoms with Crippen molar-refractivity contribution in [2.45, 2.75) is 0 Å². The molecule has 1 amide bonds. The molecule has 6 heteroatoms. The fourth-order valence-corrected chi connectivity index (χ4v) is 2.01. The lowest BCUT2D eigenvalue weighted by Gasteiger charge is -2.04. The highest BCUT2D eigenvalue weighted by molar-refractivity contribution is 6.03. The van der Waals surface area contributed by atoms with E-state index in [0.717, 1.165) is 5.56 Å². The molecule has 0 fully saturated rings. The van der Waals surface area contributed by atoms with Gasteiger partial charge in [0.2, 0.25) is 0 Å². The van der Waals surface area contributed by atoms with Crippen LogP contribution >= 0.6 is 0 Å². The van der Waals surface area contributed by atoms with Crippen LogP contribution in [0.4, 0.5) is 5.69 Å². The molecule has 0 spiro atoms. The molecule has 2 aromatic carbocycles. The van der Waals surface area contributed by atoms with Crippen molar-refractivity contribution in [3.8, 4) is 22.8 Å². The highest BCUT2D eigenvalue weighted by Gasteiger charge is 2.14. The Morgan fingerprint density at radius 3 is 2.48 bits per heavy atom. The summed E-state index contributed by atoms with van der Waals surface area (Å²) >= 11 is 0. The third kappa shape index (κ3) is 3.32. The summed E-state index contributed by atoms with van der Waals surface area (Å²) in [5.74, 6) is 0.943. The van der Waals surface area contributed by atoms with Gasteiger partial charge in [-0.2, -0.15) is 0 Å². The fourth-order valence-electron chi connectivity index (χ4n) is 2.01. The van der Waals surface area contributed by atoms with Crippen LogP contribution in [0.5, 0.6) is 11.5 Å². The Labute approximate surface area is 132 Å². The molecule has 0 saturated heterocycles. The average Bonchev–Trinajstić information content (AvgIpc) is 3.06. The second-order valence-electron chi connectivity index (χ2n) is 4.81. The van der Waals surface area contributed by atoms with Gasteiger partial charge in [0.05, 0.1) is 7.11 Å². The van der Waals surface area contributed by atoms with Gasteiger partial charge in [0, 0.05) is 17.3 Å². The highest BCUT2D eigenvalue weighted by atomic mass is 16.5. The first-order chi connectivity index (χ1) is 11.2. The first-order valence-electron chi connectivity index (χ1n) is 6.87. The average molecular weight is 310 g/mol. The van der Waals surface area contributed by atoms with Crippen LogP contribution in [-0.2, 0) is 0 Å². The summed E-state index contributed by atoms with van der Waals surface area (Å²) in [6.45, 7) is 0. The van der Waals surface area contributed by atoms with Gasteiger partial charge < -0.3 is 19.7 Å². The number of methoxy groups -OCH3 is 1. The Morgan fingerprint density at radius 1 is 1.13 bits per heavy atom. The molecular formula is C17H14N2O4. The summed E-state index contributed by atoms with van der Waals surface area (Å²) in [5, 5.41) is 15.8. The number of carbonyl (C=O) groups is 1. The van der Waals surface area contributed by atoms with E-state index in [1.807, 2.05) is 0 Å². The molecule has 23 heavy (non-hydrogen) atoms. The van der Waals surface area contributed by atoms with Crippen molar-refractivity contribution in [1.82, 2.24) is 5.16 Å². The molecule has 0 saturated carbocycles. The molecule has 0 bridgehead atoms. The predicted molar refractivity (Wildman–Crippen MR) is 84.6 cm³/mol. The maximum absolute atomic E-state index is 12.2. The molecule has 0 unspecified atom stereocenters. The number of phenolic OH excluding ortho intramolecular Hbond substituents is 1. The minimum atomic E-state index is -0.371. The van der Waals surface area contributed by atoms with Crippen LogP contribution < -0.4 is 10.1 Å². The summed E-state index contributed by atoms with van der Waals surface area (Å²) in [6, 6.07) is 15.0. The number of amides is 1. The molecule has 0 atom stereocenters. The number of hydrogen-bond acceptors (Lipinski definition) is 5. The molecule has 0 radical (unpaired) electrons. The lowest BCUT2D eigenvalue weighted by molar-refractivity contribution is 0.101. The van der Waals surface area contributed by atoms with Gasteiger partial charge in [0.15, 0.2) is 11.5 Å². The van der Waals surface area contributed by atoms with Gasteiger partial charge in [0.25, 0.3) is 5.91 Å². The molecule has 2 N–H and O–H groups in total. The molecule has 3 aromatic rings. The van der Waals surface area contributed by atoms with Gasteiger partial charge in [-0.3, -0.25) is 4.79 Å². The number of aromatic nitrogens is 1. The summed E-state index contributed by atoms with van der Waals surface area (Å²) in [6.07, 6.45) is 0. The number of nitrogens with zero attached hydrogens (tertiary/aromatic N) is 1. The zero-order valence-corrected chi connectivity index (χ0v) is 12.3. The monoisotopic (exact) mass is 310 g/mol. The number of hydrogen-bond donors (Lipinski definition) is 2. The van der Waals surface area contributed by atoms with Crippen molar-refractivity contribution in [2.24, 2.45) is 0 Å². The van der Waals surface area contributed by atoms with E-state index in [2.05, 4.69) is 10.5 Å². The Morgan fingerprint density at radius 2 is 1.83 bits per heavy atom. The van der Waals surface area contributed by atoms with E-state index < -0.39 is 0 Å². The van der Waals surface area contributed by atoms with E-state index in [9.17, 15) is 9.90 Å². The number of ether oxygens (including phenoxy) is 1. The molecule has 0 aliphatic carbocycles. The Balaban J connectivity index is 1.74. The quantitative estimate of drug-likeness (QED) is 0.772. The number of nitrogens with one attached hydrogen (secondary N) is 1. The largest absolute Gasteiger partial charge is 0.508 e. The zero-order chi connectivity index (χ0) is 16.2. The van der Waals surface area contributed by atoms with Gasteiger partial charge in [-0.15, -0.1) is 0 Å². The molecule has 0 aliphatic rings. The maximum Gasteiger partial charge on any atom is 0.277 e. The van der Waals surface area contributed by atoms with E-state index in [1.165, 1.54) is 12.1 Å². The smallest absolute Gasteiger partial charge is 0.277 e. The molecule has 6 nitrogen and oxygen atoms in total. The summed E-state index contributed by atoms with van der Waals surface area (Å²) in [7, 11) is 1.58. The minimum Gasteiger partial charge on any atom is -0.508 e. The van der Waals surface area contributed by atoms with E-state index in [-0.39, 0.29) is 17.4 Å². The summed E-state index contributed by atoms with van der Waals surface area (Å²) < 4.78 is 10.2. The third-order valence-electron chi connectivity index (χ3n) is 3.24. The molecular weight excluding hydrogens is 296 g/mol. The Bertz CT molecular complexity index is 807. The van der Waals surface area contributed by atoms with E-state index in [0.29, 0.717) is 17.2 Å².